The topological polar surface area (TPSA) is 77.1 Å². The third-order valence-corrected chi connectivity index (χ3v) is 6.11. The van der Waals surface area contributed by atoms with Crippen molar-refractivity contribution in [3.05, 3.63) is 40.3 Å². The van der Waals surface area contributed by atoms with Gasteiger partial charge in [0, 0.05) is 24.0 Å². The number of benzene rings is 1. The number of anilines is 1. The van der Waals surface area contributed by atoms with Crippen molar-refractivity contribution in [2.24, 2.45) is 0 Å². The number of esters is 1. The number of methoxy groups -OCH3 is 1. The molecule has 0 spiro atoms. The maximum absolute atomic E-state index is 12.6. The van der Waals surface area contributed by atoms with Crippen LogP contribution in [0.4, 0.5) is 5.00 Å². The van der Waals surface area contributed by atoms with Crippen LogP contribution < -0.4 is 14.8 Å². The van der Waals surface area contributed by atoms with E-state index in [1.165, 1.54) is 11.3 Å². The molecule has 1 aromatic carbocycles. The van der Waals surface area contributed by atoms with Gasteiger partial charge in [0.15, 0.2) is 6.61 Å². The van der Waals surface area contributed by atoms with Crippen molar-refractivity contribution in [2.45, 2.75) is 39.8 Å². The number of amides is 1. The van der Waals surface area contributed by atoms with Gasteiger partial charge in [-0.1, -0.05) is 0 Å². The highest BCUT2D eigenvalue weighted by Gasteiger charge is 2.30. The number of nitrogens with one attached hydrogen (secondary N) is 1. The zero-order chi connectivity index (χ0) is 21.7. The van der Waals surface area contributed by atoms with Crippen molar-refractivity contribution >= 4 is 28.2 Å². The fraction of sp³-hybridized carbons (Fsp3) is 0.455. The third kappa shape index (κ3) is 5.12. The standard InChI is InChI=1S/C22H28N2O5S/c1-5-28-22(26)20-17-10-11-24(14(2)3)12-18(17)30-21(20)23-19(25)13-29-16-8-6-15(27-4)7-9-16/h6-9,14H,5,10-13H2,1-4H3,(H,23,25). The Morgan fingerprint density at radius 1 is 1.20 bits per heavy atom. The first-order valence-electron chi connectivity index (χ1n) is 10.0. The van der Waals surface area contributed by atoms with E-state index >= 15 is 0 Å². The monoisotopic (exact) mass is 432 g/mol. The van der Waals surface area contributed by atoms with Crippen LogP contribution in [0.3, 0.4) is 0 Å². The molecule has 0 saturated carbocycles. The molecule has 162 valence electrons. The lowest BCUT2D eigenvalue weighted by atomic mass is 10.0. The summed E-state index contributed by atoms with van der Waals surface area (Å²) in [7, 11) is 1.59. The summed E-state index contributed by atoms with van der Waals surface area (Å²) >= 11 is 1.45. The molecule has 2 heterocycles. The fourth-order valence-corrected chi connectivity index (χ4v) is 4.63. The molecule has 1 aliphatic heterocycles. The van der Waals surface area contributed by atoms with Gasteiger partial charge < -0.3 is 19.5 Å². The SMILES string of the molecule is CCOC(=O)c1c(NC(=O)COc2ccc(OC)cc2)sc2c1CCN(C(C)C)C2. The van der Waals surface area contributed by atoms with E-state index < -0.39 is 0 Å². The van der Waals surface area contributed by atoms with Gasteiger partial charge in [0.05, 0.1) is 19.3 Å². The summed E-state index contributed by atoms with van der Waals surface area (Å²) in [6.45, 7) is 7.86. The zero-order valence-electron chi connectivity index (χ0n) is 17.8. The highest BCUT2D eigenvalue weighted by molar-refractivity contribution is 7.17. The van der Waals surface area contributed by atoms with Crippen LogP contribution in [0.1, 0.15) is 41.6 Å². The first-order valence-corrected chi connectivity index (χ1v) is 10.9. The lowest BCUT2D eigenvalue weighted by Gasteiger charge is -2.30. The zero-order valence-corrected chi connectivity index (χ0v) is 18.6. The molecule has 0 radical (unpaired) electrons. The van der Waals surface area contributed by atoms with Crippen LogP contribution in [-0.2, 0) is 22.5 Å². The van der Waals surface area contributed by atoms with E-state index in [0.29, 0.717) is 28.1 Å². The van der Waals surface area contributed by atoms with Gasteiger partial charge in [-0.3, -0.25) is 9.69 Å². The quantitative estimate of drug-likeness (QED) is 0.641. The van der Waals surface area contributed by atoms with Gasteiger partial charge >= 0.3 is 5.97 Å². The smallest absolute Gasteiger partial charge is 0.341 e. The molecule has 0 atom stereocenters. The second-order valence-corrected chi connectivity index (χ2v) is 8.36. The number of hydrogen-bond donors (Lipinski definition) is 1. The highest BCUT2D eigenvalue weighted by Crippen LogP contribution is 2.38. The Labute approximate surface area is 180 Å². The predicted octanol–water partition coefficient (Wildman–Crippen LogP) is 3.72. The van der Waals surface area contributed by atoms with Gasteiger partial charge in [0.25, 0.3) is 5.91 Å². The predicted molar refractivity (Wildman–Crippen MR) is 117 cm³/mol. The first kappa shape index (κ1) is 22.1. The van der Waals surface area contributed by atoms with E-state index in [1.54, 1.807) is 38.3 Å². The van der Waals surface area contributed by atoms with Crippen molar-refractivity contribution in [1.82, 2.24) is 4.90 Å². The van der Waals surface area contributed by atoms with Gasteiger partial charge in [-0.15, -0.1) is 11.3 Å². The normalized spacial score (nSPS) is 13.6. The summed E-state index contributed by atoms with van der Waals surface area (Å²) < 4.78 is 15.9. The van der Waals surface area contributed by atoms with Gasteiger partial charge in [-0.25, -0.2) is 4.79 Å². The number of ether oxygens (including phenoxy) is 3. The maximum atomic E-state index is 12.6. The largest absolute Gasteiger partial charge is 0.497 e. The second kappa shape index (κ2) is 9.95. The highest BCUT2D eigenvalue weighted by atomic mass is 32.1. The van der Waals surface area contributed by atoms with Crippen LogP contribution in [0.25, 0.3) is 0 Å². The van der Waals surface area contributed by atoms with Crippen LogP contribution in [0.2, 0.25) is 0 Å². The van der Waals surface area contributed by atoms with Gasteiger partial charge in [0.1, 0.15) is 16.5 Å². The van der Waals surface area contributed by atoms with Gasteiger partial charge in [0.2, 0.25) is 0 Å². The Hall–Kier alpha value is -2.58. The Bertz CT molecular complexity index is 892. The van der Waals surface area contributed by atoms with Crippen molar-refractivity contribution < 1.29 is 23.8 Å². The maximum Gasteiger partial charge on any atom is 0.341 e. The lowest BCUT2D eigenvalue weighted by molar-refractivity contribution is -0.118. The van der Waals surface area contributed by atoms with Crippen molar-refractivity contribution in [1.29, 1.82) is 0 Å². The van der Waals surface area contributed by atoms with Gasteiger partial charge in [-0.05, 0) is 57.0 Å². The molecule has 7 nitrogen and oxygen atoms in total. The summed E-state index contributed by atoms with van der Waals surface area (Å²) in [5.74, 6) is 0.565. The molecule has 1 aliphatic rings. The molecular formula is C22H28N2O5S. The van der Waals surface area contributed by atoms with E-state index in [0.717, 1.165) is 30.0 Å². The molecule has 2 aromatic rings. The minimum absolute atomic E-state index is 0.157. The van der Waals surface area contributed by atoms with E-state index in [2.05, 4.69) is 24.1 Å². The summed E-state index contributed by atoms with van der Waals surface area (Å²) in [4.78, 5) is 28.6. The van der Waals surface area contributed by atoms with E-state index in [4.69, 9.17) is 14.2 Å². The second-order valence-electron chi connectivity index (χ2n) is 7.25. The van der Waals surface area contributed by atoms with E-state index in [1.807, 2.05) is 0 Å². The number of thiophene rings is 1. The van der Waals surface area contributed by atoms with Crippen molar-refractivity contribution in [3.63, 3.8) is 0 Å². The number of hydrogen-bond acceptors (Lipinski definition) is 7. The Kier molecular flexibility index (Phi) is 7.33. The van der Waals surface area contributed by atoms with Crippen LogP contribution in [0.15, 0.2) is 24.3 Å². The molecular weight excluding hydrogens is 404 g/mol. The Morgan fingerprint density at radius 2 is 1.90 bits per heavy atom. The molecule has 0 unspecified atom stereocenters. The molecule has 1 aromatic heterocycles. The number of rotatable bonds is 8. The molecule has 0 bridgehead atoms. The Balaban J connectivity index is 1.73. The molecule has 1 N–H and O–H groups in total. The third-order valence-electron chi connectivity index (χ3n) is 4.98. The van der Waals surface area contributed by atoms with E-state index in [-0.39, 0.29) is 25.1 Å². The number of nitrogens with zero attached hydrogens (tertiary/aromatic N) is 1. The molecule has 0 aliphatic carbocycles. The molecule has 0 fully saturated rings. The summed E-state index contributed by atoms with van der Waals surface area (Å²) in [5.41, 5.74) is 1.47. The first-order chi connectivity index (χ1) is 14.4. The van der Waals surface area contributed by atoms with E-state index in [9.17, 15) is 9.59 Å². The Morgan fingerprint density at radius 3 is 2.53 bits per heavy atom. The molecule has 0 saturated heterocycles. The minimum atomic E-state index is -0.389. The fourth-order valence-electron chi connectivity index (χ4n) is 3.35. The van der Waals surface area contributed by atoms with Crippen molar-refractivity contribution in [2.75, 3.05) is 32.2 Å². The van der Waals surface area contributed by atoms with Crippen LogP contribution in [0, 0.1) is 0 Å². The van der Waals surface area contributed by atoms with Gasteiger partial charge in [-0.2, -0.15) is 0 Å². The summed E-state index contributed by atoms with van der Waals surface area (Å²) in [6, 6.07) is 7.42. The lowest BCUT2D eigenvalue weighted by Crippen LogP contribution is -2.35. The van der Waals surface area contributed by atoms with Crippen LogP contribution in [0.5, 0.6) is 11.5 Å². The van der Waals surface area contributed by atoms with Crippen LogP contribution in [-0.4, -0.2) is 49.7 Å². The molecule has 1 amide bonds. The average Bonchev–Trinajstić information content (AvgIpc) is 3.09. The molecule has 3 rings (SSSR count). The van der Waals surface area contributed by atoms with Crippen LogP contribution >= 0.6 is 11.3 Å². The molecule has 8 heteroatoms. The number of fused-ring (bicyclic) bond motifs is 1. The summed E-state index contributed by atoms with van der Waals surface area (Å²) in [5, 5.41) is 3.39. The summed E-state index contributed by atoms with van der Waals surface area (Å²) in [6.07, 6.45) is 0.760. The number of carbonyl (C=O) groups is 2. The average molecular weight is 433 g/mol. The number of carbonyl (C=O) groups excluding carboxylic acids is 2. The minimum Gasteiger partial charge on any atom is -0.497 e. The van der Waals surface area contributed by atoms with Crippen molar-refractivity contribution in [3.8, 4) is 11.5 Å². The molecule has 30 heavy (non-hydrogen) atoms.